The van der Waals surface area contributed by atoms with E-state index in [2.05, 4.69) is 38.9 Å². The van der Waals surface area contributed by atoms with Crippen molar-refractivity contribution in [2.24, 2.45) is 5.92 Å². The van der Waals surface area contributed by atoms with Gasteiger partial charge in [0.05, 0.1) is 6.61 Å². The van der Waals surface area contributed by atoms with Crippen molar-refractivity contribution in [3.63, 3.8) is 0 Å². The van der Waals surface area contributed by atoms with Gasteiger partial charge in [-0.25, -0.2) is 5.10 Å². The molecule has 3 rings (SSSR count). The van der Waals surface area contributed by atoms with Gasteiger partial charge in [0.25, 0.3) is 0 Å². The molecule has 0 aliphatic heterocycles. The lowest BCUT2D eigenvalue weighted by Crippen LogP contribution is -2.15. The first-order valence-corrected chi connectivity index (χ1v) is 8.56. The van der Waals surface area contributed by atoms with E-state index in [1.54, 1.807) is 11.3 Å². The van der Waals surface area contributed by atoms with Crippen molar-refractivity contribution in [2.45, 2.75) is 24.4 Å². The molecule has 6 nitrogen and oxygen atoms in total. The molecule has 8 heteroatoms. The van der Waals surface area contributed by atoms with Crippen molar-refractivity contribution in [3.8, 4) is 0 Å². The molecule has 1 fully saturated rings. The van der Waals surface area contributed by atoms with Crippen molar-refractivity contribution in [2.75, 3.05) is 17.7 Å². The summed E-state index contributed by atoms with van der Waals surface area (Å²) in [7, 11) is 0. The van der Waals surface area contributed by atoms with E-state index in [0.717, 1.165) is 6.42 Å². The molecule has 2 atom stereocenters. The van der Waals surface area contributed by atoms with Crippen LogP contribution in [0.15, 0.2) is 16.6 Å². The van der Waals surface area contributed by atoms with E-state index >= 15 is 0 Å². The Balaban J connectivity index is 1.56. The van der Waals surface area contributed by atoms with Crippen molar-refractivity contribution in [1.82, 2.24) is 15.2 Å². The number of thioether (sulfide) groups is 1. The van der Waals surface area contributed by atoms with Gasteiger partial charge in [-0.2, -0.15) is 4.98 Å². The van der Waals surface area contributed by atoms with Crippen LogP contribution < -0.4 is 5.32 Å². The Morgan fingerprint density at radius 2 is 2.52 bits per heavy atom. The van der Waals surface area contributed by atoms with Gasteiger partial charge in [-0.3, -0.25) is 10.1 Å². The normalized spacial score (nSPS) is 20.5. The van der Waals surface area contributed by atoms with Gasteiger partial charge in [0, 0.05) is 22.5 Å². The number of carbonyl (C=O) groups is 1. The third-order valence-corrected chi connectivity index (χ3v) is 5.37. The molecular weight excluding hydrogens is 308 g/mol. The summed E-state index contributed by atoms with van der Waals surface area (Å²) in [5.74, 6) is 1.27. The van der Waals surface area contributed by atoms with Gasteiger partial charge in [-0.05, 0) is 30.4 Å². The van der Waals surface area contributed by atoms with E-state index in [0.29, 0.717) is 22.8 Å². The van der Waals surface area contributed by atoms with Gasteiger partial charge >= 0.3 is 0 Å². The number of anilines is 1. The monoisotopic (exact) mass is 324 g/mol. The maximum atomic E-state index is 12.2. The van der Waals surface area contributed by atoms with Gasteiger partial charge in [-0.1, -0.05) is 11.8 Å². The topological polar surface area (TPSA) is 90.9 Å². The zero-order valence-electron chi connectivity index (χ0n) is 11.5. The quantitative estimate of drug-likeness (QED) is 0.707. The fourth-order valence-corrected chi connectivity index (χ4v) is 3.90. The lowest BCUT2D eigenvalue weighted by atomic mass is 10.2. The van der Waals surface area contributed by atoms with Crippen LogP contribution in [0.4, 0.5) is 5.95 Å². The fraction of sp³-hybridized carbons (Fsp3) is 0.462. The lowest BCUT2D eigenvalue weighted by molar-refractivity contribution is -0.117. The summed E-state index contributed by atoms with van der Waals surface area (Å²) in [6, 6.07) is 2.09. The molecule has 21 heavy (non-hydrogen) atoms. The van der Waals surface area contributed by atoms with Crippen molar-refractivity contribution in [1.29, 1.82) is 0 Å². The number of aromatic amines is 1. The standard InChI is InChI=1S/C13H16N4O2S2/c1-7-2-4-20-10(7)8-6-9(8)11(19)14-12-15-13(17-16-12)21-5-3-18/h2,4,8-9,18H,3,5-6H2,1H3,(H2,14,15,16,17,19)/t8-,9+/m1/s1. The number of aliphatic hydroxyl groups is 1. The Bertz CT molecular complexity index is 640. The van der Waals surface area contributed by atoms with Crippen molar-refractivity contribution >= 4 is 35.0 Å². The molecule has 0 radical (unpaired) electrons. The van der Waals surface area contributed by atoms with Crippen LogP contribution >= 0.6 is 23.1 Å². The summed E-state index contributed by atoms with van der Waals surface area (Å²) >= 11 is 3.06. The molecule has 3 N–H and O–H groups in total. The molecule has 0 aromatic carbocycles. The van der Waals surface area contributed by atoms with E-state index in [1.807, 2.05) is 0 Å². The summed E-state index contributed by atoms with van der Waals surface area (Å²) in [5.41, 5.74) is 1.27. The van der Waals surface area contributed by atoms with Gasteiger partial charge in [-0.15, -0.1) is 16.4 Å². The maximum Gasteiger partial charge on any atom is 0.230 e. The minimum Gasteiger partial charge on any atom is -0.396 e. The average Bonchev–Trinajstić information content (AvgIpc) is 2.95. The highest BCUT2D eigenvalue weighted by Gasteiger charge is 2.45. The highest BCUT2D eigenvalue weighted by atomic mass is 32.2. The number of hydrogen-bond donors (Lipinski definition) is 3. The second-order valence-corrected chi connectivity index (χ2v) is 6.95. The number of nitrogens with one attached hydrogen (secondary N) is 2. The summed E-state index contributed by atoms with van der Waals surface area (Å²) in [5, 5.41) is 20.8. The average molecular weight is 324 g/mol. The Labute approximate surface area is 130 Å². The summed E-state index contributed by atoms with van der Waals surface area (Å²) in [4.78, 5) is 17.6. The largest absolute Gasteiger partial charge is 0.396 e. The third kappa shape index (κ3) is 3.28. The van der Waals surface area contributed by atoms with Crippen LogP contribution in [-0.4, -0.2) is 38.6 Å². The number of carbonyl (C=O) groups excluding carboxylic acids is 1. The minimum absolute atomic E-state index is 0.0114. The minimum atomic E-state index is -0.0114. The Morgan fingerprint density at radius 1 is 1.67 bits per heavy atom. The van der Waals surface area contributed by atoms with Crippen molar-refractivity contribution < 1.29 is 9.90 Å². The van der Waals surface area contributed by atoms with E-state index in [9.17, 15) is 4.79 Å². The highest BCUT2D eigenvalue weighted by molar-refractivity contribution is 7.99. The molecule has 2 aromatic rings. The summed E-state index contributed by atoms with van der Waals surface area (Å²) in [6.07, 6.45) is 0.896. The number of aromatic nitrogens is 3. The second kappa shape index (κ2) is 6.17. The number of hydrogen-bond acceptors (Lipinski definition) is 6. The molecule has 0 unspecified atom stereocenters. The molecule has 2 heterocycles. The SMILES string of the molecule is Cc1ccsc1[C@@H]1C[C@@H]1C(=O)Nc1nc(SCCO)n[nH]1. The Hall–Kier alpha value is -1.38. The number of amides is 1. The van der Waals surface area contributed by atoms with E-state index in [4.69, 9.17) is 5.11 Å². The number of aliphatic hydroxyl groups excluding tert-OH is 1. The molecule has 0 spiro atoms. The van der Waals surface area contributed by atoms with Crippen LogP contribution in [0.3, 0.4) is 0 Å². The van der Waals surface area contributed by atoms with Crippen molar-refractivity contribution in [3.05, 3.63) is 21.9 Å². The van der Waals surface area contributed by atoms with Crippen LogP contribution in [0.2, 0.25) is 0 Å². The van der Waals surface area contributed by atoms with Crippen LogP contribution in [-0.2, 0) is 4.79 Å². The predicted octanol–water partition coefficient (Wildman–Crippen LogP) is 2.00. The first kappa shape index (κ1) is 14.6. The molecule has 0 bridgehead atoms. The zero-order chi connectivity index (χ0) is 14.8. The first-order valence-electron chi connectivity index (χ1n) is 6.70. The zero-order valence-corrected chi connectivity index (χ0v) is 13.1. The molecule has 1 saturated carbocycles. The molecule has 1 aliphatic rings. The first-order chi connectivity index (χ1) is 10.2. The summed E-state index contributed by atoms with van der Waals surface area (Å²) in [6.45, 7) is 2.16. The molecule has 112 valence electrons. The van der Waals surface area contributed by atoms with E-state index in [1.165, 1.54) is 22.2 Å². The fourth-order valence-electron chi connectivity index (χ4n) is 2.25. The van der Waals surface area contributed by atoms with Crippen LogP contribution in [0.5, 0.6) is 0 Å². The third-order valence-electron chi connectivity index (χ3n) is 3.39. The Morgan fingerprint density at radius 3 is 3.24 bits per heavy atom. The maximum absolute atomic E-state index is 12.2. The molecule has 0 saturated heterocycles. The highest BCUT2D eigenvalue weighted by Crippen LogP contribution is 2.50. The second-order valence-electron chi connectivity index (χ2n) is 4.94. The number of rotatable bonds is 6. The smallest absolute Gasteiger partial charge is 0.230 e. The summed E-state index contributed by atoms with van der Waals surface area (Å²) < 4.78 is 0. The number of H-pyrrole nitrogens is 1. The number of aryl methyl sites for hydroxylation is 1. The molecule has 1 aliphatic carbocycles. The van der Waals surface area contributed by atoms with Crippen LogP contribution in [0.1, 0.15) is 22.8 Å². The molecule has 2 aromatic heterocycles. The molecular formula is C13H16N4O2S2. The Kier molecular flexibility index (Phi) is 4.27. The van der Waals surface area contributed by atoms with Crippen LogP contribution in [0, 0.1) is 12.8 Å². The predicted molar refractivity (Wildman–Crippen MR) is 82.7 cm³/mol. The lowest BCUT2D eigenvalue weighted by Gasteiger charge is -2.00. The number of nitrogens with zero attached hydrogens (tertiary/aromatic N) is 2. The van der Waals surface area contributed by atoms with Gasteiger partial charge < -0.3 is 5.11 Å². The molecule has 1 amide bonds. The van der Waals surface area contributed by atoms with E-state index < -0.39 is 0 Å². The van der Waals surface area contributed by atoms with Crippen LogP contribution in [0.25, 0.3) is 0 Å². The van der Waals surface area contributed by atoms with Gasteiger partial charge in [0.2, 0.25) is 17.0 Å². The number of thiophene rings is 1. The van der Waals surface area contributed by atoms with Gasteiger partial charge in [0.1, 0.15) is 0 Å². The van der Waals surface area contributed by atoms with E-state index in [-0.39, 0.29) is 18.4 Å². The van der Waals surface area contributed by atoms with Gasteiger partial charge in [0.15, 0.2) is 0 Å².